The topological polar surface area (TPSA) is 58.2 Å². The summed E-state index contributed by atoms with van der Waals surface area (Å²) in [5.74, 6) is -0.461. The van der Waals surface area contributed by atoms with Crippen LogP contribution in [0.1, 0.15) is 21.5 Å². The number of anilines is 1. The zero-order chi connectivity index (χ0) is 11.7. The molecule has 0 radical (unpaired) electrons. The van der Waals surface area contributed by atoms with Crippen molar-refractivity contribution < 1.29 is 9.59 Å². The molecule has 2 rings (SSSR count). The van der Waals surface area contributed by atoms with Crippen molar-refractivity contribution in [1.29, 1.82) is 0 Å². The van der Waals surface area contributed by atoms with Crippen LogP contribution in [0.3, 0.4) is 0 Å². The first-order valence-corrected chi connectivity index (χ1v) is 4.97. The van der Waals surface area contributed by atoms with Crippen molar-refractivity contribution in [3.05, 3.63) is 35.4 Å². The van der Waals surface area contributed by atoms with Gasteiger partial charge in [-0.25, -0.2) is 0 Å². The molecule has 1 aliphatic rings. The molecule has 82 valence electrons. The Balaban J connectivity index is 2.67. The Labute approximate surface area is 93.3 Å². The molecule has 4 nitrogen and oxygen atoms in total. The van der Waals surface area contributed by atoms with Crippen LogP contribution >= 0.6 is 0 Å². The van der Waals surface area contributed by atoms with E-state index in [1.165, 1.54) is 0 Å². The monoisotopic (exact) mass is 216 g/mol. The van der Waals surface area contributed by atoms with Crippen LogP contribution in [0.15, 0.2) is 18.7 Å². The smallest absolute Gasteiger partial charge is 0.253 e. The van der Waals surface area contributed by atoms with Gasteiger partial charge in [0, 0.05) is 5.56 Å². The van der Waals surface area contributed by atoms with Crippen LogP contribution in [0.2, 0.25) is 0 Å². The molecule has 0 aromatic heterocycles. The van der Waals surface area contributed by atoms with E-state index >= 15 is 0 Å². The molecule has 0 saturated carbocycles. The Morgan fingerprint density at radius 1 is 1.38 bits per heavy atom. The minimum absolute atomic E-state index is 0.00312. The fourth-order valence-corrected chi connectivity index (χ4v) is 1.75. The molecule has 0 aliphatic carbocycles. The Hall–Kier alpha value is -2.10. The van der Waals surface area contributed by atoms with Crippen LogP contribution < -0.4 is 10.6 Å². The average Bonchev–Trinajstić information content (AvgIpc) is 2.39. The van der Waals surface area contributed by atoms with Crippen molar-refractivity contribution in [2.24, 2.45) is 0 Å². The summed E-state index contributed by atoms with van der Waals surface area (Å²) in [5, 5.41) is 5.26. The molecule has 0 saturated heterocycles. The first kappa shape index (κ1) is 10.4. The number of aryl methyl sites for hydroxylation is 1. The molecule has 0 atom stereocenters. The lowest BCUT2D eigenvalue weighted by Crippen LogP contribution is -2.28. The molecule has 2 amide bonds. The highest BCUT2D eigenvalue weighted by Gasteiger charge is 2.21. The highest BCUT2D eigenvalue weighted by atomic mass is 16.2. The van der Waals surface area contributed by atoms with Gasteiger partial charge in [-0.15, -0.1) is 0 Å². The largest absolute Gasteiger partial charge is 0.343 e. The Kier molecular flexibility index (Phi) is 2.48. The van der Waals surface area contributed by atoms with Gasteiger partial charge in [-0.3, -0.25) is 9.59 Å². The molecule has 4 heteroatoms. The SMILES string of the molecule is C=Cc1c(C)ccc2c1NC(=O)CNC2=O. The maximum absolute atomic E-state index is 11.7. The van der Waals surface area contributed by atoms with Crippen molar-refractivity contribution in [2.45, 2.75) is 6.92 Å². The molecule has 16 heavy (non-hydrogen) atoms. The average molecular weight is 216 g/mol. The van der Waals surface area contributed by atoms with Crippen LogP contribution in [0.4, 0.5) is 5.69 Å². The maximum atomic E-state index is 11.7. The van der Waals surface area contributed by atoms with E-state index in [1.807, 2.05) is 13.0 Å². The summed E-state index contributed by atoms with van der Waals surface area (Å²) < 4.78 is 0. The molecule has 0 bridgehead atoms. The molecule has 2 N–H and O–H groups in total. The van der Waals surface area contributed by atoms with Crippen LogP contribution in [0.25, 0.3) is 6.08 Å². The number of hydrogen-bond donors (Lipinski definition) is 2. The molecule has 1 heterocycles. The molecule has 1 aromatic carbocycles. The van der Waals surface area contributed by atoms with E-state index in [1.54, 1.807) is 12.1 Å². The number of nitrogens with one attached hydrogen (secondary N) is 2. The van der Waals surface area contributed by atoms with Gasteiger partial charge in [0.25, 0.3) is 5.91 Å². The highest BCUT2D eigenvalue weighted by Crippen LogP contribution is 2.26. The first-order chi connectivity index (χ1) is 7.63. The molecular weight excluding hydrogens is 204 g/mol. The van der Waals surface area contributed by atoms with Gasteiger partial charge in [-0.1, -0.05) is 18.7 Å². The summed E-state index contributed by atoms with van der Waals surface area (Å²) in [6.07, 6.45) is 1.65. The van der Waals surface area contributed by atoms with Crippen LogP contribution in [-0.2, 0) is 4.79 Å². The number of carbonyl (C=O) groups is 2. The molecule has 1 aliphatic heterocycles. The van der Waals surface area contributed by atoms with E-state index in [9.17, 15) is 9.59 Å². The third-order valence-electron chi connectivity index (χ3n) is 2.59. The quantitative estimate of drug-likeness (QED) is 0.743. The van der Waals surface area contributed by atoms with Gasteiger partial charge < -0.3 is 10.6 Å². The lowest BCUT2D eigenvalue weighted by Gasteiger charge is -2.11. The third kappa shape index (κ3) is 1.58. The fraction of sp³-hybridized carbons (Fsp3) is 0.167. The second-order valence-corrected chi connectivity index (χ2v) is 3.65. The summed E-state index contributed by atoms with van der Waals surface area (Å²) in [4.78, 5) is 23.1. The van der Waals surface area contributed by atoms with Gasteiger partial charge in [0.15, 0.2) is 0 Å². The van der Waals surface area contributed by atoms with E-state index < -0.39 is 0 Å². The Bertz CT molecular complexity index is 492. The van der Waals surface area contributed by atoms with Gasteiger partial charge in [0.2, 0.25) is 5.91 Å². The summed E-state index contributed by atoms with van der Waals surface area (Å²) in [5.41, 5.74) is 2.80. The maximum Gasteiger partial charge on any atom is 0.253 e. The Morgan fingerprint density at radius 2 is 2.12 bits per heavy atom. The minimum Gasteiger partial charge on any atom is -0.343 e. The first-order valence-electron chi connectivity index (χ1n) is 4.97. The highest BCUT2D eigenvalue weighted by molar-refractivity contribution is 6.10. The van der Waals surface area contributed by atoms with Crippen molar-refractivity contribution in [3.8, 4) is 0 Å². The van der Waals surface area contributed by atoms with E-state index in [-0.39, 0.29) is 18.4 Å². The standard InChI is InChI=1S/C12H12N2O2/c1-3-8-7(2)4-5-9-11(8)14-10(15)6-13-12(9)16/h3-5H,1,6H2,2H3,(H,13,16)(H,14,15). The fourth-order valence-electron chi connectivity index (χ4n) is 1.75. The van der Waals surface area contributed by atoms with Crippen molar-refractivity contribution >= 4 is 23.6 Å². The van der Waals surface area contributed by atoms with Crippen LogP contribution in [0, 0.1) is 6.92 Å². The van der Waals surface area contributed by atoms with E-state index in [0.717, 1.165) is 11.1 Å². The van der Waals surface area contributed by atoms with Crippen molar-refractivity contribution in [3.63, 3.8) is 0 Å². The van der Waals surface area contributed by atoms with Gasteiger partial charge in [-0.05, 0) is 18.6 Å². The van der Waals surface area contributed by atoms with Gasteiger partial charge in [0.1, 0.15) is 0 Å². The number of benzene rings is 1. The third-order valence-corrected chi connectivity index (χ3v) is 2.59. The molecule has 0 spiro atoms. The lowest BCUT2D eigenvalue weighted by atomic mass is 10.0. The van der Waals surface area contributed by atoms with Crippen molar-refractivity contribution in [2.75, 3.05) is 11.9 Å². The Morgan fingerprint density at radius 3 is 2.81 bits per heavy atom. The zero-order valence-electron chi connectivity index (χ0n) is 8.96. The van der Waals surface area contributed by atoms with Crippen molar-refractivity contribution in [1.82, 2.24) is 5.32 Å². The summed E-state index contributed by atoms with van der Waals surface area (Å²) >= 11 is 0. The van der Waals surface area contributed by atoms with E-state index in [2.05, 4.69) is 17.2 Å². The molecular formula is C12H12N2O2. The minimum atomic E-state index is -0.239. The van der Waals surface area contributed by atoms with E-state index in [4.69, 9.17) is 0 Å². The normalized spacial score (nSPS) is 14.6. The molecule has 0 fully saturated rings. The number of fused-ring (bicyclic) bond motifs is 1. The molecule has 1 aromatic rings. The number of rotatable bonds is 1. The van der Waals surface area contributed by atoms with Gasteiger partial charge >= 0.3 is 0 Å². The predicted molar refractivity (Wildman–Crippen MR) is 62.2 cm³/mol. The van der Waals surface area contributed by atoms with E-state index in [0.29, 0.717) is 11.3 Å². The summed E-state index contributed by atoms with van der Waals surface area (Å²) in [6.45, 7) is 5.61. The molecule has 0 unspecified atom stereocenters. The summed E-state index contributed by atoms with van der Waals surface area (Å²) in [7, 11) is 0. The van der Waals surface area contributed by atoms with Gasteiger partial charge in [0.05, 0.1) is 17.8 Å². The predicted octanol–water partition coefficient (Wildman–Crippen LogP) is 1.32. The van der Waals surface area contributed by atoms with Crippen LogP contribution in [0.5, 0.6) is 0 Å². The number of amides is 2. The zero-order valence-corrected chi connectivity index (χ0v) is 8.96. The van der Waals surface area contributed by atoms with Crippen LogP contribution in [-0.4, -0.2) is 18.4 Å². The van der Waals surface area contributed by atoms with Gasteiger partial charge in [-0.2, -0.15) is 0 Å². The number of carbonyl (C=O) groups excluding carboxylic acids is 2. The lowest BCUT2D eigenvalue weighted by molar-refractivity contribution is -0.115. The second-order valence-electron chi connectivity index (χ2n) is 3.65. The number of hydrogen-bond acceptors (Lipinski definition) is 2. The second kappa shape index (κ2) is 3.81. The summed E-state index contributed by atoms with van der Waals surface area (Å²) in [6, 6.07) is 3.55.